The third kappa shape index (κ3) is 3.40. The van der Waals surface area contributed by atoms with Gasteiger partial charge in [-0.2, -0.15) is 0 Å². The molecule has 0 atom stereocenters. The van der Waals surface area contributed by atoms with Gasteiger partial charge < -0.3 is 5.11 Å². The van der Waals surface area contributed by atoms with E-state index in [9.17, 15) is 14.7 Å². The molecule has 0 radical (unpaired) electrons. The molecular formula is C20H14N4O3S. The van der Waals surface area contributed by atoms with Gasteiger partial charge in [0.15, 0.2) is 0 Å². The number of benzene rings is 2. The number of hydrogen-bond donors (Lipinski definition) is 2. The first kappa shape index (κ1) is 17.6. The molecule has 2 heterocycles. The fraction of sp³-hybridized carbons (Fsp3) is 0. The number of rotatable bonds is 4. The van der Waals surface area contributed by atoms with E-state index in [1.54, 1.807) is 30.3 Å². The van der Waals surface area contributed by atoms with Crippen molar-refractivity contribution >= 4 is 22.7 Å². The van der Waals surface area contributed by atoms with Gasteiger partial charge in [-0.05, 0) is 12.1 Å². The lowest BCUT2D eigenvalue weighted by atomic mass is 10.2. The monoisotopic (exact) mass is 390 g/mol. The number of aliphatic imine (C=N–C) groups is 1. The highest BCUT2D eigenvalue weighted by molar-refractivity contribution is 7.13. The zero-order chi connectivity index (χ0) is 19.5. The third-order valence-electron chi connectivity index (χ3n) is 4.00. The number of hydrogen-bond acceptors (Lipinski definition) is 6. The van der Waals surface area contributed by atoms with Gasteiger partial charge >= 0.3 is 5.69 Å². The van der Waals surface area contributed by atoms with Gasteiger partial charge in [0.25, 0.3) is 5.56 Å². The van der Waals surface area contributed by atoms with Crippen molar-refractivity contribution in [3.8, 4) is 22.8 Å². The minimum absolute atomic E-state index is 0.125. The van der Waals surface area contributed by atoms with Gasteiger partial charge in [0.1, 0.15) is 5.56 Å². The minimum Gasteiger partial charge on any atom is -0.493 e. The summed E-state index contributed by atoms with van der Waals surface area (Å²) in [6.07, 6.45) is 1.21. The minimum atomic E-state index is -0.730. The summed E-state index contributed by atoms with van der Waals surface area (Å²) in [5, 5.41) is 12.8. The first-order valence-electron chi connectivity index (χ1n) is 8.32. The topological polar surface area (TPSA) is 100 Å². The van der Waals surface area contributed by atoms with Crippen LogP contribution in [0.5, 0.6) is 5.88 Å². The van der Waals surface area contributed by atoms with Crippen LogP contribution in [0.25, 0.3) is 16.9 Å². The second-order valence-corrected chi connectivity index (χ2v) is 6.64. The van der Waals surface area contributed by atoms with Crippen LogP contribution in [0.1, 0.15) is 5.56 Å². The van der Waals surface area contributed by atoms with Crippen molar-refractivity contribution in [2.75, 3.05) is 0 Å². The summed E-state index contributed by atoms with van der Waals surface area (Å²) in [6.45, 7) is 0. The number of thiazole rings is 1. The van der Waals surface area contributed by atoms with E-state index < -0.39 is 17.1 Å². The Morgan fingerprint density at radius 3 is 2.43 bits per heavy atom. The number of aromatic hydroxyl groups is 1. The van der Waals surface area contributed by atoms with Crippen LogP contribution in [0.4, 0.5) is 5.13 Å². The highest BCUT2D eigenvalue weighted by Crippen LogP contribution is 2.26. The Bertz CT molecular complexity index is 1260. The molecule has 138 valence electrons. The second-order valence-electron chi connectivity index (χ2n) is 5.81. The van der Waals surface area contributed by atoms with E-state index in [-0.39, 0.29) is 5.56 Å². The molecule has 0 unspecified atom stereocenters. The molecule has 2 N–H and O–H groups in total. The van der Waals surface area contributed by atoms with E-state index in [2.05, 4.69) is 15.0 Å². The molecule has 0 saturated carbocycles. The molecule has 0 bridgehead atoms. The van der Waals surface area contributed by atoms with E-state index in [1.807, 2.05) is 35.7 Å². The number of aromatic nitrogens is 3. The SMILES string of the molecule is O=c1[nH]c(=O)n(-c2ccccc2)c(O)c1C=Nc1nc(-c2ccccc2)cs1. The van der Waals surface area contributed by atoms with Gasteiger partial charge in [0, 0.05) is 17.2 Å². The highest BCUT2D eigenvalue weighted by Gasteiger charge is 2.14. The van der Waals surface area contributed by atoms with Crippen molar-refractivity contribution in [3.05, 3.63) is 92.4 Å². The fourth-order valence-electron chi connectivity index (χ4n) is 2.66. The Morgan fingerprint density at radius 1 is 1.04 bits per heavy atom. The standard InChI is InChI=1S/C20H14N4O3S/c25-17-15(18(26)24(20(27)23-17)14-9-5-2-6-10-14)11-21-19-22-16(12-28-19)13-7-3-1-4-8-13/h1-12,26H,(H,23,25,27). The summed E-state index contributed by atoms with van der Waals surface area (Å²) in [5.41, 5.74) is 0.574. The summed E-state index contributed by atoms with van der Waals surface area (Å²) < 4.78 is 1.01. The Hall–Kier alpha value is -3.78. The number of H-pyrrole nitrogens is 1. The van der Waals surface area contributed by atoms with Gasteiger partial charge in [-0.15, -0.1) is 11.3 Å². The molecule has 0 aliphatic carbocycles. The lowest BCUT2D eigenvalue weighted by molar-refractivity contribution is 0.430. The Kier molecular flexibility index (Phi) is 4.69. The van der Waals surface area contributed by atoms with Crippen molar-refractivity contribution in [2.24, 2.45) is 4.99 Å². The first-order valence-corrected chi connectivity index (χ1v) is 9.20. The molecule has 2 aromatic carbocycles. The van der Waals surface area contributed by atoms with Gasteiger partial charge in [0.05, 0.1) is 11.4 Å². The lowest BCUT2D eigenvalue weighted by Crippen LogP contribution is -2.31. The summed E-state index contributed by atoms with van der Waals surface area (Å²) in [6, 6.07) is 18.2. The van der Waals surface area contributed by atoms with Crippen molar-refractivity contribution in [3.63, 3.8) is 0 Å². The van der Waals surface area contributed by atoms with Crippen molar-refractivity contribution in [2.45, 2.75) is 0 Å². The van der Waals surface area contributed by atoms with Crippen molar-refractivity contribution in [1.29, 1.82) is 0 Å². The number of nitrogens with zero attached hydrogens (tertiary/aromatic N) is 3. The zero-order valence-corrected chi connectivity index (χ0v) is 15.3. The molecule has 2 aromatic heterocycles. The molecule has 0 saturated heterocycles. The third-order valence-corrected chi connectivity index (χ3v) is 4.75. The van der Waals surface area contributed by atoms with E-state index in [1.165, 1.54) is 17.6 Å². The molecule has 0 amide bonds. The molecule has 4 rings (SSSR count). The molecule has 8 heteroatoms. The maximum absolute atomic E-state index is 12.2. The molecule has 0 fully saturated rings. The van der Waals surface area contributed by atoms with E-state index in [0.29, 0.717) is 10.8 Å². The van der Waals surface area contributed by atoms with Gasteiger partial charge in [0.2, 0.25) is 11.0 Å². The zero-order valence-electron chi connectivity index (χ0n) is 14.4. The van der Waals surface area contributed by atoms with Gasteiger partial charge in [-0.25, -0.2) is 19.3 Å². The Labute approximate surface area is 162 Å². The average molecular weight is 390 g/mol. The lowest BCUT2D eigenvalue weighted by Gasteiger charge is -2.08. The van der Waals surface area contributed by atoms with Crippen LogP contribution in [-0.4, -0.2) is 25.9 Å². The molecule has 7 nitrogen and oxygen atoms in total. The maximum Gasteiger partial charge on any atom is 0.335 e. The van der Waals surface area contributed by atoms with Gasteiger partial charge in [-0.1, -0.05) is 48.5 Å². The van der Waals surface area contributed by atoms with Crippen LogP contribution in [0.15, 0.2) is 80.6 Å². The van der Waals surface area contributed by atoms with Crippen LogP contribution >= 0.6 is 11.3 Å². The molecule has 28 heavy (non-hydrogen) atoms. The highest BCUT2D eigenvalue weighted by atomic mass is 32.1. The fourth-order valence-corrected chi connectivity index (χ4v) is 3.33. The summed E-state index contributed by atoms with van der Waals surface area (Å²) >= 11 is 1.31. The molecule has 4 aromatic rings. The van der Waals surface area contributed by atoms with E-state index >= 15 is 0 Å². The average Bonchev–Trinajstić information content (AvgIpc) is 3.18. The molecule has 0 aliphatic rings. The Morgan fingerprint density at radius 2 is 1.71 bits per heavy atom. The normalized spacial score (nSPS) is 11.1. The van der Waals surface area contributed by atoms with E-state index in [0.717, 1.165) is 15.8 Å². The largest absolute Gasteiger partial charge is 0.493 e. The van der Waals surface area contributed by atoms with Crippen LogP contribution in [0, 0.1) is 0 Å². The van der Waals surface area contributed by atoms with Crippen molar-refractivity contribution in [1.82, 2.24) is 14.5 Å². The smallest absolute Gasteiger partial charge is 0.335 e. The van der Waals surface area contributed by atoms with Crippen molar-refractivity contribution < 1.29 is 5.11 Å². The quantitative estimate of drug-likeness (QED) is 0.523. The van der Waals surface area contributed by atoms with Crippen LogP contribution < -0.4 is 11.2 Å². The first-order chi connectivity index (χ1) is 13.6. The predicted molar refractivity (Wildman–Crippen MR) is 109 cm³/mol. The summed E-state index contributed by atoms with van der Waals surface area (Å²) in [5.74, 6) is -0.483. The second kappa shape index (κ2) is 7.45. The van der Waals surface area contributed by atoms with Crippen LogP contribution in [-0.2, 0) is 0 Å². The van der Waals surface area contributed by atoms with Crippen LogP contribution in [0.2, 0.25) is 0 Å². The molecular weight excluding hydrogens is 376 g/mol. The number of nitrogens with one attached hydrogen (secondary N) is 1. The van der Waals surface area contributed by atoms with Crippen LogP contribution in [0.3, 0.4) is 0 Å². The molecule has 0 spiro atoms. The van der Waals surface area contributed by atoms with Gasteiger partial charge in [-0.3, -0.25) is 9.78 Å². The number of para-hydroxylation sites is 1. The predicted octanol–water partition coefficient (Wildman–Crippen LogP) is 3.11. The van der Waals surface area contributed by atoms with E-state index in [4.69, 9.17) is 0 Å². The number of aromatic amines is 1. The Balaban J connectivity index is 1.72. The maximum atomic E-state index is 12.2. The molecule has 0 aliphatic heterocycles. The summed E-state index contributed by atoms with van der Waals surface area (Å²) in [4.78, 5) is 35.1. The summed E-state index contributed by atoms with van der Waals surface area (Å²) in [7, 11) is 0.